The molecule has 1 fully saturated rings. The molecule has 1 amide bonds. The molecule has 1 saturated heterocycles. The summed E-state index contributed by atoms with van der Waals surface area (Å²) in [4.78, 5) is 16.3. The molecule has 1 aromatic heterocycles. The van der Waals surface area contributed by atoms with Gasteiger partial charge in [0.2, 0.25) is 10.0 Å². The van der Waals surface area contributed by atoms with Gasteiger partial charge >= 0.3 is 0 Å². The molecule has 0 atom stereocenters. The second-order valence-corrected chi connectivity index (χ2v) is 10.9. The molecule has 34 heavy (non-hydrogen) atoms. The molecule has 2 aromatic carbocycles. The zero-order chi connectivity index (χ0) is 23.8. The summed E-state index contributed by atoms with van der Waals surface area (Å²) < 4.78 is 33.1. The van der Waals surface area contributed by atoms with Gasteiger partial charge in [-0.25, -0.2) is 13.1 Å². The number of benzene rings is 2. The molecule has 0 spiro atoms. The van der Waals surface area contributed by atoms with Crippen molar-refractivity contribution >= 4 is 27.3 Å². The summed E-state index contributed by atoms with van der Waals surface area (Å²) in [6, 6.07) is 18.0. The van der Waals surface area contributed by atoms with Crippen molar-refractivity contribution in [2.75, 3.05) is 32.8 Å². The molecule has 180 valence electrons. The summed E-state index contributed by atoms with van der Waals surface area (Å²) in [5.74, 6) is -0.240. The third kappa shape index (κ3) is 6.74. The van der Waals surface area contributed by atoms with Crippen LogP contribution in [-0.4, -0.2) is 52.1 Å². The lowest BCUT2D eigenvalue weighted by Crippen LogP contribution is -2.36. The highest BCUT2D eigenvalue weighted by atomic mass is 32.2. The van der Waals surface area contributed by atoms with Crippen LogP contribution in [0.1, 0.15) is 26.4 Å². The maximum absolute atomic E-state index is 12.7. The van der Waals surface area contributed by atoms with Gasteiger partial charge in [0.05, 0.1) is 18.1 Å². The Labute approximate surface area is 204 Å². The third-order valence-corrected chi connectivity index (χ3v) is 8.14. The fourth-order valence-corrected chi connectivity index (χ4v) is 5.53. The van der Waals surface area contributed by atoms with E-state index >= 15 is 0 Å². The topological polar surface area (TPSA) is 87.7 Å². The van der Waals surface area contributed by atoms with Gasteiger partial charge in [0.25, 0.3) is 5.91 Å². The van der Waals surface area contributed by atoms with Crippen molar-refractivity contribution in [2.45, 2.75) is 24.4 Å². The van der Waals surface area contributed by atoms with Crippen LogP contribution in [0.5, 0.6) is 0 Å². The van der Waals surface area contributed by atoms with Crippen molar-refractivity contribution in [1.29, 1.82) is 0 Å². The van der Waals surface area contributed by atoms with Crippen molar-refractivity contribution in [3.05, 3.63) is 87.6 Å². The minimum atomic E-state index is -3.62. The second kappa shape index (κ2) is 11.7. The van der Waals surface area contributed by atoms with Gasteiger partial charge in [-0.15, -0.1) is 11.3 Å². The van der Waals surface area contributed by atoms with Crippen LogP contribution in [0, 0.1) is 0 Å². The lowest BCUT2D eigenvalue weighted by atomic mass is 10.1. The summed E-state index contributed by atoms with van der Waals surface area (Å²) in [6.07, 6.45) is 0.643. The van der Waals surface area contributed by atoms with Crippen LogP contribution >= 0.6 is 11.3 Å². The minimum absolute atomic E-state index is 0.145. The van der Waals surface area contributed by atoms with Gasteiger partial charge in [0.1, 0.15) is 0 Å². The molecule has 1 aliphatic rings. The smallest absolute Gasteiger partial charge is 0.251 e. The average molecular weight is 500 g/mol. The Balaban J connectivity index is 1.31. The first-order valence-corrected chi connectivity index (χ1v) is 13.6. The number of nitrogens with one attached hydrogen (secondary N) is 2. The number of hydrogen-bond acceptors (Lipinski definition) is 6. The second-order valence-electron chi connectivity index (χ2n) is 8.09. The van der Waals surface area contributed by atoms with Gasteiger partial charge in [0, 0.05) is 43.2 Å². The van der Waals surface area contributed by atoms with E-state index in [2.05, 4.69) is 21.0 Å². The summed E-state index contributed by atoms with van der Waals surface area (Å²) in [7, 11) is -3.62. The van der Waals surface area contributed by atoms with Crippen LogP contribution < -0.4 is 10.0 Å². The molecule has 2 N–H and O–H groups in total. The van der Waals surface area contributed by atoms with E-state index in [4.69, 9.17) is 4.74 Å². The van der Waals surface area contributed by atoms with Crippen LogP contribution in [0.3, 0.4) is 0 Å². The van der Waals surface area contributed by atoms with Gasteiger partial charge in [-0.05, 0) is 53.3 Å². The molecule has 2 heterocycles. The number of rotatable bonds is 10. The van der Waals surface area contributed by atoms with E-state index < -0.39 is 10.0 Å². The normalized spacial score (nSPS) is 14.7. The molecule has 0 bridgehead atoms. The van der Waals surface area contributed by atoms with Crippen molar-refractivity contribution in [3.8, 4) is 0 Å². The number of amides is 1. The first-order valence-electron chi connectivity index (χ1n) is 11.3. The van der Waals surface area contributed by atoms with E-state index in [1.165, 1.54) is 17.7 Å². The quantitative estimate of drug-likeness (QED) is 0.448. The Morgan fingerprint density at radius 1 is 0.971 bits per heavy atom. The highest BCUT2D eigenvalue weighted by Gasteiger charge is 2.16. The van der Waals surface area contributed by atoms with Crippen LogP contribution in [0.15, 0.2) is 70.9 Å². The van der Waals surface area contributed by atoms with Crippen LogP contribution in [-0.2, 0) is 34.3 Å². The molecule has 7 nitrogen and oxygen atoms in total. The summed E-state index contributed by atoms with van der Waals surface area (Å²) in [6.45, 7) is 4.85. The SMILES string of the molecule is O=C(NCc1ccccc1CN1CCOCC1)c1ccc(S(=O)(=O)NCCc2cccs2)cc1. The van der Waals surface area contributed by atoms with Crippen molar-refractivity contribution in [2.24, 2.45) is 0 Å². The largest absolute Gasteiger partial charge is 0.379 e. The van der Waals surface area contributed by atoms with Crippen LogP contribution in [0.25, 0.3) is 0 Å². The zero-order valence-electron chi connectivity index (χ0n) is 18.9. The Kier molecular flexibility index (Phi) is 8.47. The first kappa shape index (κ1) is 24.6. The molecule has 0 radical (unpaired) electrons. The van der Waals surface area contributed by atoms with E-state index in [1.807, 2.05) is 35.7 Å². The summed E-state index contributed by atoms with van der Waals surface area (Å²) in [5.41, 5.74) is 2.67. The van der Waals surface area contributed by atoms with Crippen molar-refractivity contribution in [3.63, 3.8) is 0 Å². The maximum Gasteiger partial charge on any atom is 0.251 e. The summed E-state index contributed by atoms with van der Waals surface area (Å²) in [5, 5.41) is 4.92. The maximum atomic E-state index is 12.7. The number of carbonyl (C=O) groups is 1. The van der Waals surface area contributed by atoms with Gasteiger partial charge in [-0.3, -0.25) is 9.69 Å². The van der Waals surface area contributed by atoms with Crippen molar-refractivity contribution in [1.82, 2.24) is 14.9 Å². The fraction of sp³-hybridized carbons (Fsp3) is 0.320. The van der Waals surface area contributed by atoms with Gasteiger partial charge in [-0.1, -0.05) is 30.3 Å². The van der Waals surface area contributed by atoms with Gasteiger partial charge < -0.3 is 10.1 Å². The predicted octanol–water partition coefficient (Wildman–Crippen LogP) is 3.03. The molecular weight excluding hydrogens is 470 g/mol. The Hall–Kier alpha value is -2.56. The number of nitrogens with zero attached hydrogens (tertiary/aromatic N) is 1. The van der Waals surface area contributed by atoms with E-state index in [0.717, 1.165) is 43.3 Å². The number of morpholine rings is 1. The summed E-state index contributed by atoms with van der Waals surface area (Å²) >= 11 is 1.60. The van der Waals surface area contributed by atoms with Crippen LogP contribution in [0.4, 0.5) is 0 Å². The molecule has 3 aromatic rings. The monoisotopic (exact) mass is 499 g/mol. The first-order chi connectivity index (χ1) is 16.5. The Morgan fingerprint density at radius 2 is 1.71 bits per heavy atom. The van der Waals surface area contributed by atoms with E-state index in [9.17, 15) is 13.2 Å². The molecule has 0 aliphatic carbocycles. The number of thiophene rings is 1. The zero-order valence-corrected chi connectivity index (χ0v) is 20.5. The van der Waals surface area contributed by atoms with E-state index in [0.29, 0.717) is 25.1 Å². The molecule has 0 saturated carbocycles. The lowest BCUT2D eigenvalue weighted by Gasteiger charge is -2.27. The van der Waals surface area contributed by atoms with Gasteiger partial charge in [-0.2, -0.15) is 0 Å². The Morgan fingerprint density at radius 3 is 2.41 bits per heavy atom. The third-order valence-electron chi connectivity index (χ3n) is 5.73. The minimum Gasteiger partial charge on any atom is -0.379 e. The van der Waals surface area contributed by atoms with Crippen molar-refractivity contribution < 1.29 is 17.9 Å². The number of hydrogen-bond donors (Lipinski definition) is 2. The molecule has 9 heteroatoms. The number of ether oxygens (including phenoxy) is 1. The number of carbonyl (C=O) groups excluding carboxylic acids is 1. The molecular formula is C25H29N3O4S2. The predicted molar refractivity (Wildman–Crippen MR) is 133 cm³/mol. The Bertz CT molecular complexity index is 1170. The van der Waals surface area contributed by atoms with Crippen LogP contribution in [0.2, 0.25) is 0 Å². The molecule has 0 unspecified atom stereocenters. The van der Waals surface area contributed by atoms with E-state index in [-0.39, 0.29) is 10.8 Å². The molecule has 1 aliphatic heterocycles. The number of sulfonamides is 1. The average Bonchev–Trinajstić information content (AvgIpc) is 3.37. The van der Waals surface area contributed by atoms with E-state index in [1.54, 1.807) is 23.5 Å². The highest BCUT2D eigenvalue weighted by molar-refractivity contribution is 7.89. The standard InChI is InChI=1S/C25H29N3O4S2/c29-25(26-18-21-4-1-2-5-22(21)19-28-13-15-32-16-14-28)20-7-9-24(10-8-20)34(30,31)27-12-11-23-6-3-17-33-23/h1-10,17,27H,11-16,18-19H2,(H,26,29). The highest BCUT2D eigenvalue weighted by Crippen LogP contribution is 2.15. The van der Waals surface area contributed by atoms with Gasteiger partial charge in [0.15, 0.2) is 0 Å². The molecule has 4 rings (SSSR count). The fourth-order valence-electron chi connectivity index (χ4n) is 3.79. The lowest BCUT2D eigenvalue weighted by molar-refractivity contribution is 0.0340.